The lowest BCUT2D eigenvalue weighted by molar-refractivity contribution is -0.299. The third-order valence-electron chi connectivity index (χ3n) is 11.9. The van der Waals surface area contributed by atoms with E-state index in [-0.39, 0.29) is 5.48 Å². The third-order valence-corrected chi connectivity index (χ3v) is 11.9. The summed E-state index contributed by atoms with van der Waals surface area (Å²) >= 11 is 0. The highest BCUT2D eigenvalue weighted by Crippen LogP contribution is 2.42. The molecule has 0 aromatic heterocycles. The van der Waals surface area contributed by atoms with E-state index in [1.54, 1.807) is 0 Å². The van der Waals surface area contributed by atoms with Crippen LogP contribution < -0.4 is 0 Å². The van der Waals surface area contributed by atoms with Crippen molar-refractivity contribution in [3.05, 3.63) is 0 Å². The van der Waals surface area contributed by atoms with Gasteiger partial charge >= 0.3 is 72.6 Å². The molecule has 3 N–H and O–H groups in total. The number of halogens is 30. The average Bonchev–Trinajstić information content (AvgIpc) is 0.963. The van der Waals surface area contributed by atoms with Gasteiger partial charge in [-0.15, -0.1) is 0 Å². The molecule has 91 heavy (non-hydrogen) atoms. The molecular weight excluding hydrogens is 1350 g/mol. The predicted octanol–water partition coefficient (Wildman–Crippen LogP) is 12.6. The van der Waals surface area contributed by atoms with E-state index in [0.717, 1.165) is 34.6 Å². The van der Waals surface area contributed by atoms with Crippen LogP contribution in [0.2, 0.25) is 0 Å². The summed E-state index contributed by atoms with van der Waals surface area (Å²) in [6.45, 7) is -24.9. The first kappa shape index (κ1) is 90.4. The zero-order valence-electron chi connectivity index (χ0n) is 49.0. The van der Waals surface area contributed by atoms with Crippen LogP contribution in [0.4, 0.5) is 132 Å². The van der Waals surface area contributed by atoms with Crippen molar-refractivity contribution < 1.29 is 194 Å². The molecule has 550 valence electrons. The molecule has 0 rings (SSSR count). The van der Waals surface area contributed by atoms with E-state index in [1.165, 1.54) is 13.8 Å². The van der Waals surface area contributed by atoms with Crippen LogP contribution in [0.25, 0.3) is 0 Å². The number of rotatable bonds is 45. The maximum absolute atomic E-state index is 14.0. The van der Waals surface area contributed by atoms with Crippen molar-refractivity contribution in [1.82, 2.24) is 0 Å². The summed E-state index contributed by atoms with van der Waals surface area (Å²) in [5.74, 6) is -33.0. The van der Waals surface area contributed by atoms with Gasteiger partial charge in [-0.05, 0) is 0 Å². The Morgan fingerprint density at radius 1 is 0.187 bits per heavy atom. The fourth-order valence-electron chi connectivity index (χ4n) is 6.50. The fourth-order valence-corrected chi connectivity index (χ4v) is 6.50. The van der Waals surface area contributed by atoms with E-state index in [9.17, 15) is 137 Å². The molecule has 0 aliphatic carbocycles. The summed E-state index contributed by atoms with van der Waals surface area (Å²) in [5.41, 5.74) is -11.7. The second-order valence-corrected chi connectivity index (χ2v) is 24.0. The SMILES string of the molecule is CC(C)(COCC(C)(COCC(C)(COCC(C)(COCC(C)(COCC(C)(CO)COCC(F)(F)C(F)(F)F)COCC(F)(F)C(F)(F)F)COCC(F)(F)C(F)(F)F)COCC(F)(F)C(F)(F)F)COCC(F)(F)C(F)(F)F)COCC(F)(F)C(F)(F)F.O. The molecule has 0 radical (unpaired) electrons. The largest absolute Gasteiger partial charge is 0.455 e. The van der Waals surface area contributed by atoms with Gasteiger partial charge in [0.2, 0.25) is 0 Å². The zero-order chi connectivity index (χ0) is 71.0. The Morgan fingerprint density at radius 2 is 0.297 bits per heavy atom. The van der Waals surface area contributed by atoms with Gasteiger partial charge in [-0.2, -0.15) is 132 Å². The van der Waals surface area contributed by atoms with Crippen molar-refractivity contribution in [1.29, 1.82) is 0 Å². The standard InChI is InChI=1S/C48H68F30O12.H2O/c1-31(2,10-81-25-37(49,50)43(61,62)63)9-80-13-33(4,21-87-27-39(53,54)45(67,68)69)15-83-17-35(6,23-89-29-41(57,58)47(73,74)75)19-85-20-36(7,24-90-30-42(59,60)48(76,77)78)18-84-16-34(5,22-88-28-40(55,56)46(70,71)72)14-82-11-32(3,8-79)12-86-26-38(51,52)44(64,65)66;/h79H,8-30H2,1-7H3;1H2. The van der Waals surface area contributed by atoms with Gasteiger partial charge in [-0.1, -0.05) is 48.5 Å². The van der Waals surface area contributed by atoms with Gasteiger partial charge in [0.15, 0.2) is 0 Å². The van der Waals surface area contributed by atoms with Crippen LogP contribution in [0.15, 0.2) is 0 Å². The van der Waals surface area contributed by atoms with E-state index in [2.05, 4.69) is 28.4 Å². The number of hydrogen-bond acceptors (Lipinski definition) is 12. The Labute approximate surface area is 499 Å². The second-order valence-electron chi connectivity index (χ2n) is 24.0. The minimum absolute atomic E-state index is 0. The van der Waals surface area contributed by atoms with E-state index in [0.29, 0.717) is 0 Å². The molecule has 43 heteroatoms. The summed E-state index contributed by atoms with van der Waals surface area (Å²) in [4.78, 5) is 0. The molecule has 0 aromatic rings. The van der Waals surface area contributed by atoms with Crippen LogP contribution in [0.3, 0.4) is 0 Å². The Bertz CT molecular complexity index is 2070. The van der Waals surface area contributed by atoms with Crippen molar-refractivity contribution in [3.63, 3.8) is 0 Å². The van der Waals surface area contributed by atoms with Gasteiger partial charge in [-0.3, -0.25) is 0 Å². The topological polar surface area (TPSA) is 153 Å². The molecule has 0 fully saturated rings. The Morgan fingerprint density at radius 3 is 0.429 bits per heavy atom. The van der Waals surface area contributed by atoms with Gasteiger partial charge < -0.3 is 62.7 Å². The molecule has 5 atom stereocenters. The highest BCUT2D eigenvalue weighted by Gasteiger charge is 2.62. The third kappa shape index (κ3) is 31.4. The van der Waals surface area contributed by atoms with Crippen LogP contribution in [-0.2, 0) is 52.1 Å². The molecule has 0 aromatic carbocycles. The van der Waals surface area contributed by atoms with Crippen molar-refractivity contribution >= 4 is 0 Å². The number of aliphatic hydroxyl groups is 1. The molecule has 0 amide bonds. The summed E-state index contributed by atoms with van der Waals surface area (Å²) < 4.78 is 452. The van der Waals surface area contributed by atoms with Crippen LogP contribution in [0.5, 0.6) is 0 Å². The first-order valence-electron chi connectivity index (χ1n) is 25.5. The number of alkyl halides is 30. The van der Waals surface area contributed by atoms with E-state index in [4.69, 9.17) is 23.7 Å². The average molecular weight is 1430 g/mol. The molecule has 0 saturated heterocycles. The Kier molecular flexibility index (Phi) is 33.4. The number of hydrogen-bond donors (Lipinski definition) is 1. The Balaban J connectivity index is 0. The molecule has 0 aliphatic rings. The number of aliphatic hydroxyl groups excluding tert-OH is 1. The monoisotopic (exact) mass is 1420 g/mol. The molecule has 13 nitrogen and oxygen atoms in total. The zero-order valence-corrected chi connectivity index (χ0v) is 49.0. The van der Waals surface area contributed by atoms with Gasteiger partial charge in [0.05, 0.1) is 112 Å². The van der Waals surface area contributed by atoms with Gasteiger partial charge in [0, 0.05) is 32.5 Å². The summed E-state index contributed by atoms with van der Waals surface area (Å²) in [7, 11) is 0. The lowest BCUT2D eigenvalue weighted by Crippen LogP contribution is -2.45. The summed E-state index contributed by atoms with van der Waals surface area (Å²) in [6, 6.07) is 0. The van der Waals surface area contributed by atoms with Crippen LogP contribution in [0, 0.1) is 32.5 Å². The first-order chi connectivity index (χ1) is 39.8. The lowest BCUT2D eigenvalue weighted by atomic mass is 9.91. The normalized spacial score (nSPS) is 17.9. The van der Waals surface area contributed by atoms with E-state index >= 15 is 0 Å². The minimum Gasteiger partial charge on any atom is -0.412 e. The summed E-state index contributed by atoms with van der Waals surface area (Å²) in [6.07, 6.45) is -37.1. The first-order valence-corrected chi connectivity index (χ1v) is 25.5. The van der Waals surface area contributed by atoms with Crippen molar-refractivity contribution in [3.8, 4) is 0 Å². The van der Waals surface area contributed by atoms with E-state index in [1.807, 2.05) is 0 Å². The lowest BCUT2D eigenvalue weighted by Gasteiger charge is -2.36. The molecule has 5 unspecified atom stereocenters. The summed E-state index contributed by atoms with van der Waals surface area (Å²) in [5, 5.41) is 9.86. The highest BCUT2D eigenvalue weighted by molar-refractivity contribution is 4.86. The quantitative estimate of drug-likeness (QED) is 0.0577. The molecule has 0 aliphatic heterocycles. The molecular formula is C48H70F30O13. The van der Waals surface area contributed by atoms with Crippen LogP contribution >= 0.6 is 0 Å². The van der Waals surface area contributed by atoms with Gasteiger partial charge in [-0.25, -0.2) is 0 Å². The van der Waals surface area contributed by atoms with Crippen molar-refractivity contribution in [2.75, 3.05) is 152 Å². The predicted molar refractivity (Wildman–Crippen MR) is 250 cm³/mol. The molecule has 0 heterocycles. The van der Waals surface area contributed by atoms with Crippen molar-refractivity contribution in [2.45, 2.75) is 121 Å². The van der Waals surface area contributed by atoms with Crippen LogP contribution in [-0.4, -0.2) is 235 Å². The molecule has 0 saturated carbocycles. The van der Waals surface area contributed by atoms with Gasteiger partial charge in [0.25, 0.3) is 0 Å². The molecule has 0 bridgehead atoms. The second kappa shape index (κ2) is 33.6. The fraction of sp³-hybridized carbons (Fsp3) is 1.00. The maximum Gasteiger partial charge on any atom is 0.455 e. The van der Waals surface area contributed by atoms with Crippen molar-refractivity contribution in [2.24, 2.45) is 32.5 Å². The highest BCUT2D eigenvalue weighted by atomic mass is 19.5. The van der Waals surface area contributed by atoms with Gasteiger partial charge in [0.1, 0.15) is 39.6 Å². The maximum atomic E-state index is 14.0. The van der Waals surface area contributed by atoms with E-state index < -0.39 is 257 Å². The Hall–Kier alpha value is -2.62. The van der Waals surface area contributed by atoms with Crippen LogP contribution in [0.1, 0.15) is 48.5 Å². The number of ether oxygens (including phenoxy) is 11. The minimum atomic E-state index is -6.27. The molecule has 0 spiro atoms. The smallest absolute Gasteiger partial charge is 0.412 e.